The van der Waals surface area contributed by atoms with E-state index in [1.165, 1.54) is 12.8 Å². The normalized spacial score (nSPS) is 13.8. The molecule has 0 aliphatic rings. The Morgan fingerprint density at radius 3 is 2.50 bits per heavy atom. The van der Waals surface area contributed by atoms with Gasteiger partial charge in [0.05, 0.1) is 0 Å². The molecule has 0 amide bonds. The van der Waals surface area contributed by atoms with Crippen LogP contribution in [0.2, 0.25) is 0 Å². The van der Waals surface area contributed by atoms with Crippen molar-refractivity contribution in [2.45, 2.75) is 33.1 Å². The van der Waals surface area contributed by atoms with Crippen LogP contribution in [-0.4, -0.2) is 0 Å². The third kappa shape index (κ3) is 4.37. The minimum Gasteiger partial charge on any atom is -0.103 e. The fraction of sp³-hybridized carbons (Fsp3) is 0.600. The van der Waals surface area contributed by atoms with Gasteiger partial charge in [0.1, 0.15) is 0 Å². The van der Waals surface area contributed by atoms with E-state index in [4.69, 9.17) is 0 Å². The van der Waals surface area contributed by atoms with Crippen molar-refractivity contribution < 1.29 is 0 Å². The van der Waals surface area contributed by atoms with E-state index < -0.39 is 0 Å². The van der Waals surface area contributed by atoms with E-state index in [0.717, 1.165) is 12.3 Å². The highest BCUT2D eigenvalue weighted by Gasteiger charge is 1.99. The van der Waals surface area contributed by atoms with Crippen molar-refractivity contribution in [3.8, 4) is 0 Å². The highest BCUT2D eigenvalue weighted by Crippen LogP contribution is 2.13. The van der Waals surface area contributed by atoms with Gasteiger partial charge in [0.25, 0.3) is 0 Å². The summed E-state index contributed by atoms with van der Waals surface area (Å²) in [5, 5.41) is 0. The lowest BCUT2D eigenvalue weighted by Crippen LogP contribution is -1.93. The van der Waals surface area contributed by atoms with E-state index in [0.29, 0.717) is 0 Å². The quantitative estimate of drug-likeness (QED) is 0.510. The first-order chi connectivity index (χ1) is 4.85. The molecular formula is C10H18. The summed E-state index contributed by atoms with van der Waals surface area (Å²) in [6.07, 6.45) is 9.98. The molecule has 0 fully saturated rings. The zero-order valence-corrected chi connectivity index (χ0v) is 7.14. The smallest absolute Gasteiger partial charge is 0.0319 e. The fourth-order valence-corrected chi connectivity index (χ4v) is 0.994. The SMILES string of the molecule is C=CCC(CC)C/C=C/C. The average molecular weight is 138 g/mol. The van der Waals surface area contributed by atoms with E-state index in [-0.39, 0.29) is 0 Å². The summed E-state index contributed by atoms with van der Waals surface area (Å²) in [7, 11) is 0. The van der Waals surface area contributed by atoms with Crippen LogP contribution in [0.5, 0.6) is 0 Å². The first-order valence-electron chi connectivity index (χ1n) is 4.07. The van der Waals surface area contributed by atoms with Gasteiger partial charge in [-0.25, -0.2) is 0 Å². The minimum atomic E-state index is 0.814. The van der Waals surface area contributed by atoms with Gasteiger partial charge in [-0.3, -0.25) is 0 Å². The fourth-order valence-electron chi connectivity index (χ4n) is 0.994. The Kier molecular flexibility index (Phi) is 6.25. The number of allylic oxidation sites excluding steroid dienone is 3. The van der Waals surface area contributed by atoms with Crippen LogP contribution in [0.4, 0.5) is 0 Å². The summed E-state index contributed by atoms with van der Waals surface area (Å²) >= 11 is 0. The molecule has 10 heavy (non-hydrogen) atoms. The standard InChI is InChI=1S/C10H18/c1-4-7-9-10(6-3)8-5-2/h4-5,7,10H,2,6,8-9H2,1,3H3/b7-4+. The molecule has 0 spiro atoms. The highest BCUT2D eigenvalue weighted by molar-refractivity contribution is 4.83. The van der Waals surface area contributed by atoms with E-state index in [1.807, 2.05) is 6.08 Å². The first kappa shape index (κ1) is 9.48. The Morgan fingerprint density at radius 1 is 1.40 bits per heavy atom. The molecule has 0 aromatic heterocycles. The molecule has 1 unspecified atom stereocenters. The van der Waals surface area contributed by atoms with Crippen molar-refractivity contribution in [3.05, 3.63) is 24.8 Å². The number of hydrogen-bond acceptors (Lipinski definition) is 0. The van der Waals surface area contributed by atoms with Crippen molar-refractivity contribution in [3.63, 3.8) is 0 Å². The Labute approximate surface area is 64.6 Å². The molecule has 0 heterocycles. The van der Waals surface area contributed by atoms with Crippen molar-refractivity contribution in [2.75, 3.05) is 0 Å². The van der Waals surface area contributed by atoms with Crippen molar-refractivity contribution in [1.29, 1.82) is 0 Å². The Hall–Kier alpha value is -0.520. The summed E-state index contributed by atoms with van der Waals surface area (Å²) in [6, 6.07) is 0. The molecular weight excluding hydrogens is 120 g/mol. The molecule has 0 bridgehead atoms. The maximum Gasteiger partial charge on any atom is -0.0319 e. The Morgan fingerprint density at radius 2 is 2.10 bits per heavy atom. The van der Waals surface area contributed by atoms with Crippen LogP contribution in [-0.2, 0) is 0 Å². The summed E-state index contributed by atoms with van der Waals surface area (Å²) < 4.78 is 0. The molecule has 0 saturated carbocycles. The molecule has 1 atom stereocenters. The highest BCUT2D eigenvalue weighted by atomic mass is 14.0. The van der Waals surface area contributed by atoms with Gasteiger partial charge < -0.3 is 0 Å². The molecule has 0 nitrogen and oxygen atoms in total. The van der Waals surface area contributed by atoms with Crippen LogP contribution in [0.3, 0.4) is 0 Å². The molecule has 0 aromatic rings. The topological polar surface area (TPSA) is 0 Å². The van der Waals surface area contributed by atoms with Gasteiger partial charge in [0.15, 0.2) is 0 Å². The molecule has 0 rings (SSSR count). The third-order valence-corrected chi connectivity index (χ3v) is 1.78. The monoisotopic (exact) mass is 138 g/mol. The zero-order valence-electron chi connectivity index (χ0n) is 7.14. The average Bonchev–Trinajstić information content (AvgIpc) is 1.98. The maximum atomic E-state index is 3.73. The van der Waals surface area contributed by atoms with Crippen molar-refractivity contribution >= 4 is 0 Å². The molecule has 0 heteroatoms. The second kappa shape index (κ2) is 6.60. The predicted octanol–water partition coefficient (Wildman–Crippen LogP) is 3.55. The van der Waals surface area contributed by atoms with Gasteiger partial charge in [0, 0.05) is 0 Å². The van der Waals surface area contributed by atoms with Crippen molar-refractivity contribution in [2.24, 2.45) is 5.92 Å². The summed E-state index contributed by atoms with van der Waals surface area (Å²) in [4.78, 5) is 0. The van der Waals surface area contributed by atoms with Crippen molar-refractivity contribution in [1.82, 2.24) is 0 Å². The lowest BCUT2D eigenvalue weighted by Gasteiger charge is -2.07. The van der Waals surface area contributed by atoms with Gasteiger partial charge in [0.2, 0.25) is 0 Å². The molecule has 0 aliphatic carbocycles. The largest absolute Gasteiger partial charge is 0.103 e. The zero-order chi connectivity index (χ0) is 7.82. The molecule has 0 N–H and O–H groups in total. The summed E-state index contributed by atoms with van der Waals surface area (Å²) in [5.41, 5.74) is 0. The summed E-state index contributed by atoms with van der Waals surface area (Å²) in [5.74, 6) is 0.814. The third-order valence-electron chi connectivity index (χ3n) is 1.78. The maximum absolute atomic E-state index is 3.73. The van der Waals surface area contributed by atoms with Crippen LogP contribution < -0.4 is 0 Å². The lowest BCUT2D eigenvalue weighted by atomic mass is 9.98. The van der Waals surface area contributed by atoms with Crippen LogP contribution in [0.1, 0.15) is 33.1 Å². The van der Waals surface area contributed by atoms with E-state index in [9.17, 15) is 0 Å². The van der Waals surface area contributed by atoms with Gasteiger partial charge in [-0.1, -0.05) is 31.6 Å². The molecule has 0 radical (unpaired) electrons. The van der Waals surface area contributed by atoms with E-state index in [1.54, 1.807) is 0 Å². The second-order valence-corrected chi connectivity index (χ2v) is 2.60. The lowest BCUT2D eigenvalue weighted by molar-refractivity contribution is 0.524. The molecule has 0 aromatic carbocycles. The van der Waals surface area contributed by atoms with E-state index in [2.05, 4.69) is 32.6 Å². The van der Waals surface area contributed by atoms with Crippen LogP contribution in [0.25, 0.3) is 0 Å². The van der Waals surface area contributed by atoms with Gasteiger partial charge in [-0.15, -0.1) is 6.58 Å². The number of rotatable bonds is 5. The molecule has 0 aliphatic heterocycles. The van der Waals surface area contributed by atoms with Crippen LogP contribution in [0, 0.1) is 5.92 Å². The first-order valence-corrected chi connectivity index (χ1v) is 4.07. The Bertz CT molecular complexity index is 101. The van der Waals surface area contributed by atoms with Gasteiger partial charge in [-0.2, -0.15) is 0 Å². The van der Waals surface area contributed by atoms with E-state index >= 15 is 0 Å². The van der Waals surface area contributed by atoms with Crippen LogP contribution in [0.15, 0.2) is 24.8 Å². The summed E-state index contributed by atoms with van der Waals surface area (Å²) in [6.45, 7) is 8.04. The minimum absolute atomic E-state index is 0.814. The van der Waals surface area contributed by atoms with Crippen LogP contribution >= 0.6 is 0 Å². The number of hydrogen-bond donors (Lipinski definition) is 0. The molecule has 0 saturated heterocycles. The van der Waals surface area contributed by atoms with Gasteiger partial charge >= 0.3 is 0 Å². The second-order valence-electron chi connectivity index (χ2n) is 2.60. The Balaban J connectivity index is 3.48. The predicted molar refractivity (Wildman–Crippen MR) is 48.0 cm³/mol. The molecule has 58 valence electrons. The van der Waals surface area contributed by atoms with Gasteiger partial charge in [-0.05, 0) is 25.7 Å².